The van der Waals surface area contributed by atoms with Gasteiger partial charge in [-0.25, -0.2) is 18.1 Å². The van der Waals surface area contributed by atoms with Crippen LogP contribution in [0.15, 0.2) is 29.3 Å². The molecule has 0 bridgehead atoms. The van der Waals surface area contributed by atoms with Gasteiger partial charge in [-0.3, -0.25) is 0 Å². The molecule has 0 saturated heterocycles. The molecule has 1 aromatic carbocycles. The molecule has 0 amide bonds. The number of rotatable bonds is 12. The van der Waals surface area contributed by atoms with E-state index in [9.17, 15) is 8.42 Å². The van der Waals surface area contributed by atoms with Crippen molar-refractivity contribution in [3.8, 4) is 11.5 Å². The van der Waals surface area contributed by atoms with Crippen LogP contribution in [0.2, 0.25) is 0 Å². The average Bonchev–Trinajstić information content (AvgIpc) is 2.65. The van der Waals surface area contributed by atoms with Crippen LogP contribution in [-0.4, -0.2) is 59.5 Å². The molecule has 1 atom stereocenters. The molecule has 164 valence electrons. The number of nitrogens with one attached hydrogen (secondary N) is 3. The molecule has 8 nitrogen and oxygen atoms in total. The van der Waals surface area contributed by atoms with Gasteiger partial charge in [-0.15, -0.1) is 0 Å². The predicted molar refractivity (Wildman–Crippen MR) is 116 cm³/mol. The number of hydrogen-bond acceptors (Lipinski definition) is 5. The third-order valence-electron chi connectivity index (χ3n) is 4.73. The number of guanidine groups is 1. The quantitative estimate of drug-likeness (QED) is 0.348. The number of hydrogen-bond donors (Lipinski definition) is 3. The summed E-state index contributed by atoms with van der Waals surface area (Å²) in [5.41, 5.74) is 0. The van der Waals surface area contributed by atoms with Crippen LogP contribution >= 0.6 is 0 Å². The Morgan fingerprint density at radius 2 is 1.97 bits per heavy atom. The fraction of sp³-hybridized carbons (Fsp3) is 0.650. The Hall–Kier alpha value is -2.00. The largest absolute Gasteiger partial charge is 0.493 e. The molecular weight excluding hydrogens is 392 g/mol. The van der Waals surface area contributed by atoms with E-state index in [0.29, 0.717) is 43.0 Å². The Morgan fingerprint density at radius 3 is 2.59 bits per heavy atom. The number of aliphatic imine (C=N–C) groups is 1. The molecule has 2 rings (SSSR count). The van der Waals surface area contributed by atoms with Crippen molar-refractivity contribution < 1.29 is 17.9 Å². The minimum absolute atomic E-state index is 0.0113. The molecule has 1 saturated carbocycles. The van der Waals surface area contributed by atoms with E-state index in [0.717, 1.165) is 12.8 Å². The number of ether oxygens (including phenoxy) is 2. The Morgan fingerprint density at radius 1 is 1.24 bits per heavy atom. The summed E-state index contributed by atoms with van der Waals surface area (Å²) in [5.74, 6) is 2.42. The normalized spacial score (nSPS) is 16.0. The Kier molecular flexibility index (Phi) is 9.53. The minimum Gasteiger partial charge on any atom is -0.493 e. The average molecular weight is 427 g/mol. The Balaban J connectivity index is 1.78. The zero-order chi connectivity index (χ0) is 21.1. The first-order valence-corrected chi connectivity index (χ1v) is 11.9. The number of nitrogens with zero attached hydrogens (tertiary/aromatic N) is 1. The van der Waals surface area contributed by atoms with Gasteiger partial charge in [-0.1, -0.05) is 18.6 Å². The van der Waals surface area contributed by atoms with Crippen molar-refractivity contribution in [1.29, 1.82) is 0 Å². The summed E-state index contributed by atoms with van der Waals surface area (Å²) in [4.78, 5) is 4.49. The first-order valence-electron chi connectivity index (χ1n) is 10.2. The summed E-state index contributed by atoms with van der Waals surface area (Å²) < 4.78 is 38.1. The second kappa shape index (κ2) is 11.9. The van der Waals surface area contributed by atoms with Crippen LogP contribution in [0.3, 0.4) is 0 Å². The maximum Gasteiger partial charge on any atom is 0.213 e. The van der Waals surface area contributed by atoms with Gasteiger partial charge < -0.3 is 20.1 Å². The fourth-order valence-corrected chi connectivity index (χ4v) is 3.85. The summed E-state index contributed by atoms with van der Waals surface area (Å²) in [7, 11) is -1.67. The van der Waals surface area contributed by atoms with Crippen molar-refractivity contribution >= 4 is 16.0 Å². The SMILES string of the molecule is CCNC(=NCC(C)Oc1ccccc1OC)NCCS(=O)(=O)NCC1CCC1. The molecule has 0 heterocycles. The van der Waals surface area contributed by atoms with Crippen molar-refractivity contribution in [2.75, 3.05) is 39.0 Å². The zero-order valence-electron chi connectivity index (χ0n) is 17.6. The van der Waals surface area contributed by atoms with Crippen LogP contribution in [0, 0.1) is 5.92 Å². The van der Waals surface area contributed by atoms with E-state index in [1.165, 1.54) is 6.42 Å². The lowest BCUT2D eigenvalue weighted by atomic mass is 9.86. The van der Waals surface area contributed by atoms with Crippen molar-refractivity contribution in [2.24, 2.45) is 10.9 Å². The molecule has 0 aliphatic heterocycles. The topological polar surface area (TPSA) is 101 Å². The number of methoxy groups -OCH3 is 1. The third kappa shape index (κ3) is 8.49. The van der Waals surface area contributed by atoms with Crippen LogP contribution in [0.25, 0.3) is 0 Å². The Bertz CT molecular complexity index is 751. The van der Waals surface area contributed by atoms with Gasteiger partial charge in [0.1, 0.15) is 6.10 Å². The van der Waals surface area contributed by atoms with E-state index in [4.69, 9.17) is 9.47 Å². The van der Waals surface area contributed by atoms with E-state index in [-0.39, 0.29) is 18.4 Å². The molecule has 29 heavy (non-hydrogen) atoms. The lowest BCUT2D eigenvalue weighted by molar-refractivity contribution is 0.219. The van der Waals surface area contributed by atoms with Crippen LogP contribution in [-0.2, 0) is 10.0 Å². The van der Waals surface area contributed by atoms with Gasteiger partial charge in [0.15, 0.2) is 17.5 Å². The minimum atomic E-state index is -3.28. The van der Waals surface area contributed by atoms with Gasteiger partial charge in [0.2, 0.25) is 10.0 Å². The van der Waals surface area contributed by atoms with Crippen molar-refractivity contribution in [1.82, 2.24) is 15.4 Å². The molecule has 1 aromatic rings. The maximum absolute atomic E-state index is 12.1. The monoisotopic (exact) mass is 426 g/mol. The highest BCUT2D eigenvalue weighted by Crippen LogP contribution is 2.27. The summed E-state index contributed by atoms with van der Waals surface area (Å²) in [6.45, 7) is 5.82. The highest BCUT2D eigenvalue weighted by Gasteiger charge is 2.20. The van der Waals surface area contributed by atoms with E-state index in [1.807, 2.05) is 38.1 Å². The van der Waals surface area contributed by atoms with Gasteiger partial charge in [0.25, 0.3) is 0 Å². The molecule has 1 unspecified atom stereocenters. The highest BCUT2D eigenvalue weighted by atomic mass is 32.2. The first kappa shape index (κ1) is 23.3. The predicted octanol–water partition coefficient (Wildman–Crippen LogP) is 1.74. The molecule has 0 spiro atoms. The standard InChI is InChI=1S/C20H34N4O4S/c1-4-21-20(22-12-13-29(25,26)24-15-17-8-7-9-17)23-14-16(2)28-19-11-6-5-10-18(19)27-3/h5-6,10-11,16-17,24H,4,7-9,12-15H2,1-3H3,(H2,21,22,23). The van der Waals surface area contributed by atoms with E-state index >= 15 is 0 Å². The van der Waals surface area contributed by atoms with Crippen molar-refractivity contribution in [3.05, 3.63) is 24.3 Å². The lowest BCUT2D eigenvalue weighted by Gasteiger charge is -2.25. The number of benzene rings is 1. The number of sulfonamides is 1. The molecule has 0 aromatic heterocycles. The van der Waals surface area contributed by atoms with Gasteiger partial charge in [-0.2, -0.15) is 0 Å². The van der Waals surface area contributed by atoms with Crippen molar-refractivity contribution in [2.45, 2.75) is 39.2 Å². The van der Waals surface area contributed by atoms with Crippen LogP contribution in [0.5, 0.6) is 11.5 Å². The van der Waals surface area contributed by atoms with Crippen LogP contribution < -0.4 is 24.8 Å². The molecule has 1 aliphatic carbocycles. The summed E-state index contributed by atoms with van der Waals surface area (Å²) in [6, 6.07) is 7.47. The molecule has 1 fully saturated rings. The molecular formula is C20H34N4O4S. The van der Waals surface area contributed by atoms with Gasteiger partial charge in [0.05, 0.1) is 19.4 Å². The van der Waals surface area contributed by atoms with Crippen molar-refractivity contribution in [3.63, 3.8) is 0 Å². The third-order valence-corrected chi connectivity index (χ3v) is 6.08. The van der Waals surface area contributed by atoms with E-state index in [2.05, 4.69) is 20.3 Å². The second-order valence-electron chi connectivity index (χ2n) is 7.19. The maximum atomic E-state index is 12.1. The second-order valence-corrected chi connectivity index (χ2v) is 9.12. The van der Waals surface area contributed by atoms with Crippen LogP contribution in [0.4, 0.5) is 0 Å². The molecule has 0 radical (unpaired) electrons. The zero-order valence-corrected chi connectivity index (χ0v) is 18.4. The first-order chi connectivity index (χ1) is 13.9. The molecule has 3 N–H and O–H groups in total. The molecule has 9 heteroatoms. The van der Waals surface area contributed by atoms with Gasteiger partial charge >= 0.3 is 0 Å². The molecule has 1 aliphatic rings. The summed E-state index contributed by atoms with van der Waals surface area (Å²) in [5, 5.41) is 6.20. The summed E-state index contributed by atoms with van der Waals surface area (Å²) >= 11 is 0. The van der Waals surface area contributed by atoms with Gasteiger partial charge in [0, 0.05) is 19.6 Å². The summed E-state index contributed by atoms with van der Waals surface area (Å²) in [6.07, 6.45) is 3.27. The highest BCUT2D eigenvalue weighted by molar-refractivity contribution is 7.89. The van der Waals surface area contributed by atoms with E-state index in [1.54, 1.807) is 7.11 Å². The van der Waals surface area contributed by atoms with Gasteiger partial charge in [-0.05, 0) is 44.7 Å². The fourth-order valence-electron chi connectivity index (χ4n) is 2.85. The van der Waals surface area contributed by atoms with Crippen LogP contribution in [0.1, 0.15) is 33.1 Å². The smallest absolute Gasteiger partial charge is 0.213 e. The lowest BCUT2D eigenvalue weighted by Crippen LogP contribution is -2.42. The Labute approximate surface area is 174 Å². The number of para-hydroxylation sites is 2. The van der Waals surface area contributed by atoms with E-state index < -0.39 is 10.0 Å².